The molecule has 2 aromatic carbocycles. The van der Waals surface area contributed by atoms with E-state index < -0.39 is 31.0 Å². The standard InChI is InChI=1S/C34H42ClN3O7S/c1-38(19-28(40)32(43)33(44)29(41)20-39)31(42)11-15-46-23-8-9-27(35)21(16-23)17-37-34(12-13-34)26-18-36-14-10-24(26)25-4-2-3-5-30(25)45-22-6-7-22/h2-5,8-10,14,16,18,22,28-29,32-33,37,39-41,43-44H,6-7,11-13,15,17,19-20H2,1H3/t28-,29+,32+,33+/m0/s1. The number of thioether (sulfide) groups is 1. The molecule has 248 valence electrons. The fourth-order valence-corrected chi connectivity index (χ4v) is 6.46. The first-order valence-corrected chi connectivity index (χ1v) is 16.9. The van der Waals surface area contributed by atoms with Crippen molar-refractivity contribution in [2.75, 3.05) is 26.0 Å². The number of amides is 1. The van der Waals surface area contributed by atoms with Gasteiger partial charge in [-0.2, -0.15) is 0 Å². The maximum absolute atomic E-state index is 12.7. The largest absolute Gasteiger partial charge is 0.490 e. The highest BCUT2D eigenvalue weighted by atomic mass is 35.5. The lowest BCUT2D eigenvalue weighted by Crippen LogP contribution is -2.50. The van der Waals surface area contributed by atoms with Crippen molar-refractivity contribution in [2.24, 2.45) is 0 Å². The molecule has 6 N–H and O–H groups in total. The van der Waals surface area contributed by atoms with E-state index in [0.29, 0.717) is 23.4 Å². The van der Waals surface area contributed by atoms with Crippen LogP contribution in [-0.4, -0.2) is 97.8 Å². The van der Waals surface area contributed by atoms with Gasteiger partial charge in [-0.05, 0) is 72.7 Å². The zero-order valence-electron chi connectivity index (χ0n) is 25.8. The fraction of sp³-hybridized carbons (Fsp3) is 0.471. The number of nitrogens with zero attached hydrogens (tertiary/aromatic N) is 2. The van der Waals surface area contributed by atoms with Crippen molar-refractivity contribution in [3.63, 3.8) is 0 Å². The average Bonchev–Trinajstić information content (AvgIpc) is 4.01. The minimum Gasteiger partial charge on any atom is -0.490 e. The number of aliphatic hydroxyl groups excluding tert-OH is 5. The number of carbonyl (C=O) groups excluding carboxylic acids is 1. The quantitative estimate of drug-likeness (QED) is 0.118. The maximum atomic E-state index is 12.7. The summed E-state index contributed by atoms with van der Waals surface area (Å²) in [5.41, 5.74) is 4.06. The van der Waals surface area contributed by atoms with Crippen LogP contribution < -0.4 is 10.1 Å². The van der Waals surface area contributed by atoms with Crippen molar-refractivity contribution in [2.45, 2.75) is 79.6 Å². The first-order chi connectivity index (χ1) is 22.1. The van der Waals surface area contributed by atoms with E-state index in [0.717, 1.165) is 58.6 Å². The molecule has 2 aliphatic carbocycles. The van der Waals surface area contributed by atoms with Crippen LogP contribution in [0.15, 0.2) is 65.8 Å². The monoisotopic (exact) mass is 671 g/mol. The van der Waals surface area contributed by atoms with Crippen LogP contribution in [0, 0.1) is 0 Å². The van der Waals surface area contributed by atoms with Crippen molar-refractivity contribution in [3.05, 3.63) is 77.1 Å². The van der Waals surface area contributed by atoms with Crippen molar-refractivity contribution >= 4 is 29.3 Å². The zero-order chi connectivity index (χ0) is 32.8. The summed E-state index contributed by atoms with van der Waals surface area (Å²) in [7, 11) is 1.49. The molecular formula is C34H42ClN3O7S. The average molecular weight is 672 g/mol. The minimum absolute atomic E-state index is 0.181. The van der Waals surface area contributed by atoms with Crippen LogP contribution in [0.1, 0.15) is 43.2 Å². The van der Waals surface area contributed by atoms with Crippen LogP contribution in [-0.2, 0) is 16.9 Å². The molecule has 2 fully saturated rings. The zero-order valence-corrected chi connectivity index (χ0v) is 27.3. The third-order valence-corrected chi connectivity index (χ3v) is 9.88. The molecule has 2 aliphatic rings. The first-order valence-electron chi connectivity index (χ1n) is 15.6. The van der Waals surface area contributed by atoms with Gasteiger partial charge < -0.3 is 40.5 Å². The van der Waals surface area contributed by atoms with Crippen LogP contribution >= 0.6 is 23.4 Å². The second-order valence-corrected chi connectivity index (χ2v) is 13.7. The number of para-hydroxylation sites is 1. The number of rotatable bonds is 17. The van der Waals surface area contributed by atoms with Crippen molar-refractivity contribution < 1.29 is 35.1 Å². The second kappa shape index (κ2) is 15.4. The summed E-state index contributed by atoms with van der Waals surface area (Å²) in [6, 6.07) is 16.0. The van der Waals surface area contributed by atoms with E-state index in [2.05, 4.69) is 22.4 Å². The van der Waals surface area contributed by atoms with Gasteiger partial charge in [-0.3, -0.25) is 9.78 Å². The Morgan fingerprint density at radius 1 is 1.09 bits per heavy atom. The number of nitrogens with one attached hydrogen (secondary N) is 1. The van der Waals surface area contributed by atoms with Crippen molar-refractivity contribution in [1.82, 2.24) is 15.2 Å². The Morgan fingerprint density at radius 3 is 2.54 bits per heavy atom. The predicted octanol–water partition coefficient (Wildman–Crippen LogP) is 3.10. The lowest BCUT2D eigenvalue weighted by atomic mass is 9.94. The molecule has 1 aromatic heterocycles. The number of carbonyl (C=O) groups is 1. The van der Waals surface area contributed by atoms with E-state index in [-0.39, 0.29) is 24.4 Å². The first kappa shape index (κ1) is 34.6. The highest BCUT2D eigenvalue weighted by molar-refractivity contribution is 7.99. The lowest BCUT2D eigenvalue weighted by Gasteiger charge is -2.28. The second-order valence-electron chi connectivity index (χ2n) is 12.1. The molecule has 0 unspecified atom stereocenters. The molecule has 0 spiro atoms. The van der Waals surface area contributed by atoms with Crippen LogP contribution in [0.25, 0.3) is 11.1 Å². The van der Waals surface area contributed by atoms with Gasteiger partial charge in [0.25, 0.3) is 0 Å². The predicted molar refractivity (Wildman–Crippen MR) is 177 cm³/mol. The molecule has 0 radical (unpaired) electrons. The van der Waals surface area contributed by atoms with Crippen molar-refractivity contribution in [1.29, 1.82) is 0 Å². The molecule has 0 saturated heterocycles. The summed E-state index contributed by atoms with van der Waals surface area (Å²) in [6.45, 7) is -0.451. The van der Waals surface area contributed by atoms with E-state index in [4.69, 9.17) is 21.4 Å². The highest BCUT2D eigenvalue weighted by Crippen LogP contribution is 2.50. The molecule has 46 heavy (non-hydrogen) atoms. The molecule has 0 aliphatic heterocycles. The number of pyridine rings is 1. The number of aliphatic hydroxyl groups is 5. The smallest absolute Gasteiger partial charge is 0.223 e. The third kappa shape index (κ3) is 8.59. The Bertz CT molecular complexity index is 1490. The normalized spacial score (nSPS) is 18.0. The molecule has 0 bridgehead atoms. The summed E-state index contributed by atoms with van der Waals surface area (Å²) in [5, 5.41) is 52.9. The molecule has 1 amide bonds. The van der Waals surface area contributed by atoms with Gasteiger partial charge in [-0.1, -0.05) is 29.8 Å². The van der Waals surface area contributed by atoms with Gasteiger partial charge in [0.15, 0.2) is 0 Å². The summed E-state index contributed by atoms with van der Waals surface area (Å²) < 4.78 is 6.23. The molecule has 4 atom stereocenters. The Balaban J connectivity index is 1.17. The van der Waals surface area contributed by atoms with Gasteiger partial charge >= 0.3 is 0 Å². The van der Waals surface area contributed by atoms with E-state index in [1.807, 2.05) is 48.8 Å². The Morgan fingerprint density at radius 2 is 1.83 bits per heavy atom. The molecule has 5 rings (SSSR count). The lowest BCUT2D eigenvalue weighted by molar-refractivity contribution is -0.137. The summed E-state index contributed by atoms with van der Waals surface area (Å²) in [4.78, 5) is 19.4. The number of hydrogen-bond acceptors (Lipinski definition) is 10. The molecule has 3 aromatic rings. The van der Waals surface area contributed by atoms with Crippen LogP contribution in [0.4, 0.5) is 0 Å². The Labute approximate surface area is 278 Å². The number of hydrogen-bond donors (Lipinski definition) is 6. The number of halogens is 1. The van der Waals surface area contributed by atoms with E-state index in [9.17, 15) is 25.2 Å². The number of ether oxygens (including phenoxy) is 1. The summed E-state index contributed by atoms with van der Waals surface area (Å²) >= 11 is 8.13. The number of aromatic nitrogens is 1. The van der Waals surface area contributed by atoms with E-state index in [1.165, 1.54) is 23.7 Å². The summed E-state index contributed by atoms with van der Waals surface area (Å²) in [5.74, 6) is 1.13. The van der Waals surface area contributed by atoms with Crippen LogP contribution in [0.3, 0.4) is 0 Å². The highest BCUT2D eigenvalue weighted by Gasteiger charge is 2.46. The molecule has 10 nitrogen and oxygen atoms in total. The van der Waals surface area contributed by atoms with Gasteiger partial charge in [0, 0.05) is 65.7 Å². The molecule has 1 heterocycles. The van der Waals surface area contributed by atoms with Gasteiger partial charge in [-0.25, -0.2) is 0 Å². The summed E-state index contributed by atoms with van der Waals surface area (Å²) in [6.07, 6.45) is 1.84. The van der Waals surface area contributed by atoms with Gasteiger partial charge in [-0.15, -0.1) is 11.8 Å². The Hall–Kier alpha value is -2.74. The number of benzene rings is 2. The SMILES string of the molecule is CN(C[C@H](O)[C@@H](O)[C@H](O)[C@H](O)CO)C(=O)CCSc1ccc(Cl)c(CNC2(c3cnccc3-c3ccccc3OC3CC3)CC2)c1. The minimum atomic E-state index is -1.74. The van der Waals surface area contributed by atoms with Crippen LogP contribution in [0.2, 0.25) is 5.02 Å². The molecule has 2 saturated carbocycles. The van der Waals surface area contributed by atoms with Crippen LogP contribution in [0.5, 0.6) is 5.75 Å². The van der Waals surface area contributed by atoms with Crippen molar-refractivity contribution in [3.8, 4) is 16.9 Å². The van der Waals surface area contributed by atoms with E-state index >= 15 is 0 Å². The van der Waals surface area contributed by atoms with Gasteiger partial charge in [0.2, 0.25) is 5.91 Å². The Kier molecular flexibility index (Phi) is 11.6. The fourth-order valence-electron chi connectivity index (χ4n) is 5.38. The molecular weight excluding hydrogens is 630 g/mol. The molecule has 12 heteroatoms. The topological polar surface area (TPSA) is 156 Å². The maximum Gasteiger partial charge on any atom is 0.223 e. The number of likely N-dealkylation sites (N-methyl/N-ethyl adjacent to an activating group) is 1. The van der Waals surface area contributed by atoms with Gasteiger partial charge in [0.05, 0.1) is 12.7 Å². The van der Waals surface area contributed by atoms with Gasteiger partial charge in [0.1, 0.15) is 30.2 Å². The van der Waals surface area contributed by atoms with E-state index in [1.54, 1.807) is 0 Å². The third-order valence-electron chi connectivity index (χ3n) is 8.51.